The average Bonchev–Trinajstić information content (AvgIpc) is 3.03. The highest BCUT2D eigenvalue weighted by Gasteiger charge is 2.24. The lowest BCUT2D eigenvalue weighted by molar-refractivity contribution is 0.0978. The number of aryl methyl sites for hydroxylation is 1. The van der Waals surface area contributed by atoms with Crippen LogP contribution in [0.1, 0.15) is 39.5 Å². The van der Waals surface area contributed by atoms with E-state index in [0.717, 1.165) is 27.7 Å². The second kappa shape index (κ2) is 7.42. The molecule has 0 aliphatic rings. The number of halogens is 1. The Morgan fingerprint density at radius 1 is 0.926 bits per heavy atom. The van der Waals surface area contributed by atoms with Crippen LogP contribution in [-0.4, -0.2) is 10.8 Å². The number of rotatable bonds is 5. The minimum atomic E-state index is -0.0360. The Bertz CT molecular complexity index is 1080. The number of fused-ring (bicyclic) bond motifs is 1. The molecule has 2 nitrogen and oxygen atoms in total. The summed E-state index contributed by atoms with van der Waals surface area (Å²) in [4.78, 5) is 16.5. The minimum absolute atomic E-state index is 0.0360. The van der Waals surface area contributed by atoms with Gasteiger partial charge in [-0.3, -0.25) is 4.79 Å². The van der Waals surface area contributed by atoms with Gasteiger partial charge in [0.1, 0.15) is 0 Å². The number of carbonyl (C=O) groups is 1. The van der Waals surface area contributed by atoms with Gasteiger partial charge in [0.05, 0.1) is 0 Å². The molecule has 0 aliphatic heterocycles. The number of carbonyl (C=O) groups excluding carboxylic acids is 1. The molecule has 4 aromatic rings. The fourth-order valence-corrected chi connectivity index (χ4v) is 3.88. The number of hydrogen-bond acceptors (Lipinski definition) is 1. The highest BCUT2D eigenvalue weighted by atomic mass is 35.5. The van der Waals surface area contributed by atoms with Crippen molar-refractivity contribution in [1.82, 2.24) is 4.98 Å². The van der Waals surface area contributed by atoms with Crippen LogP contribution in [0.2, 0.25) is 5.02 Å². The zero-order chi connectivity index (χ0) is 18.8. The third kappa shape index (κ3) is 3.54. The molecule has 0 spiro atoms. The highest BCUT2D eigenvalue weighted by Crippen LogP contribution is 2.37. The molecule has 0 saturated carbocycles. The first-order chi connectivity index (χ1) is 13.1. The maximum absolute atomic E-state index is 13.0. The van der Waals surface area contributed by atoms with E-state index in [9.17, 15) is 4.79 Å². The molecule has 27 heavy (non-hydrogen) atoms. The number of aromatic nitrogens is 1. The van der Waals surface area contributed by atoms with Crippen LogP contribution in [0.5, 0.6) is 0 Å². The molecular weight excluding hydrogens is 354 g/mol. The van der Waals surface area contributed by atoms with Gasteiger partial charge in [0.2, 0.25) is 0 Å². The van der Waals surface area contributed by atoms with Gasteiger partial charge in [0.25, 0.3) is 0 Å². The number of ketones is 1. The zero-order valence-electron chi connectivity index (χ0n) is 15.1. The van der Waals surface area contributed by atoms with Gasteiger partial charge in [-0.15, -0.1) is 0 Å². The number of hydrogen-bond donors (Lipinski definition) is 1. The number of nitrogens with one attached hydrogen (secondary N) is 1. The van der Waals surface area contributed by atoms with Gasteiger partial charge < -0.3 is 4.98 Å². The summed E-state index contributed by atoms with van der Waals surface area (Å²) in [5.74, 6) is 0.103. The summed E-state index contributed by atoms with van der Waals surface area (Å²) >= 11 is 6.10. The summed E-state index contributed by atoms with van der Waals surface area (Å²) in [6, 6.07) is 25.6. The van der Waals surface area contributed by atoms with Crippen molar-refractivity contribution in [3.05, 3.63) is 106 Å². The third-order valence-electron chi connectivity index (χ3n) is 5.05. The molecule has 3 aromatic carbocycles. The fraction of sp³-hybridized carbons (Fsp3) is 0.125. The van der Waals surface area contributed by atoms with E-state index < -0.39 is 0 Å². The van der Waals surface area contributed by atoms with Crippen LogP contribution in [0.3, 0.4) is 0 Å². The van der Waals surface area contributed by atoms with Gasteiger partial charge in [-0.2, -0.15) is 0 Å². The Morgan fingerprint density at radius 2 is 1.59 bits per heavy atom. The van der Waals surface area contributed by atoms with Crippen molar-refractivity contribution in [2.24, 2.45) is 0 Å². The summed E-state index contributed by atoms with van der Waals surface area (Å²) in [5.41, 5.74) is 5.20. The maximum atomic E-state index is 13.0. The van der Waals surface area contributed by atoms with E-state index in [4.69, 9.17) is 11.6 Å². The van der Waals surface area contributed by atoms with Crippen LogP contribution in [0, 0.1) is 6.92 Å². The Labute approximate surface area is 163 Å². The predicted octanol–water partition coefficient (Wildman–Crippen LogP) is 6.53. The van der Waals surface area contributed by atoms with Crippen LogP contribution in [0.25, 0.3) is 10.9 Å². The van der Waals surface area contributed by atoms with Gasteiger partial charge in [0.15, 0.2) is 5.78 Å². The summed E-state index contributed by atoms with van der Waals surface area (Å²) in [5, 5.41) is 1.86. The Hall–Kier alpha value is -2.84. The lowest BCUT2D eigenvalue weighted by Crippen LogP contribution is -2.10. The van der Waals surface area contributed by atoms with Crippen molar-refractivity contribution in [3.8, 4) is 0 Å². The number of H-pyrrole nitrogens is 1. The number of aromatic amines is 1. The van der Waals surface area contributed by atoms with E-state index in [1.807, 2.05) is 66.7 Å². The van der Waals surface area contributed by atoms with E-state index in [1.54, 1.807) is 0 Å². The quantitative estimate of drug-likeness (QED) is 0.396. The van der Waals surface area contributed by atoms with Crippen LogP contribution in [-0.2, 0) is 0 Å². The van der Waals surface area contributed by atoms with Gasteiger partial charge >= 0.3 is 0 Å². The smallest absolute Gasteiger partial charge is 0.163 e. The minimum Gasteiger partial charge on any atom is -0.358 e. The Kier molecular flexibility index (Phi) is 4.83. The number of Topliss-reactive ketones (excluding diaryl/α,β-unsaturated/α-hetero) is 1. The average molecular weight is 374 g/mol. The van der Waals surface area contributed by atoms with Crippen LogP contribution >= 0.6 is 11.6 Å². The maximum Gasteiger partial charge on any atom is 0.163 e. The predicted molar refractivity (Wildman–Crippen MR) is 112 cm³/mol. The van der Waals surface area contributed by atoms with Crippen molar-refractivity contribution in [2.45, 2.75) is 19.3 Å². The highest BCUT2D eigenvalue weighted by molar-refractivity contribution is 6.30. The molecular formula is C24H20ClNO. The Morgan fingerprint density at radius 3 is 2.33 bits per heavy atom. The van der Waals surface area contributed by atoms with E-state index in [0.29, 0.717) is 11.4 Å². The molecule has 0 amide bonds. The normalized spacial score (nSPS) is 12.2. The lowest BCUT2D eigenvalue weighted by atomic mass is 9.84. The first kappa shape index (κ1) is 17.6. The second-order valence-corrected chi connectivity index (χ2v) is 7.24. The van der Waals surface area contributed by atoms with Crippen molar-refractivity contribution in [2.75, 3.05) is 0 Å². The summed E-state index contributed by atoms with van der Waals surface area (Å²) in [6.07, 6.45) is 0.411. The van der Waals surface area contributed by atoms with Crippen molar-refractivity contribution in [1.29, 1.82) is 0 Å². The molecule has 1 N–H and O–H groups in total. The molecule has 0 radical (unpaired) electrons. The van der Waals surface area contributed by atoms with Crippen molar-refractivity contribution in [3.63, 3.8) is 0 Å². The molecule has 1 aromatic heterocycles. The van der Waals surface area contributed by atoms with Crippen LogP contribution in [0.4, 0.5) is 0 Å². The van der Waals surface area contributed by atoms with Crippen molar-refractivity contribution < 1.29 is 4.79 Å². The zero-order valence-corrected chi connectivity index (χ0v) is 15.8. The van der Waals surface area contributed by atoms with E-state index in [-0.39, 0.29) is 11.7 Å². The summed E-state index contributed by atoms with van der Waals surface area (Å²) in [6.45, 7) is 2.07. The topological polar surface area (TPSA) is 32.9 Å². The molecule has 1 unspecified atom stereocenters. The monoisotopic (exact) mass is 373 g/mol. The molecule has 0 aliphatic carbocycles. The number of benzene rings is 3. The van der Waals surface area contributed by atoms with E-state index in [1.165, 1.54) is 5.56 Å². The molecule has 0 fully saturated rings. The van der Waals surface area contributed by atoms with Crippen LogP contribution in [0.15, 0.2) is 78.9 Å². The summed E-state index contributed by atoms with van der Waals surface area (Å²) in [7, 11) is 0. The SMILES string of the molecule is Cc1[nH]c2ccccc2c1C(CC(=O)c1ccccc1)c1ccc(Cl)cc1. The second-order valence-electron chi connectivity index (χ2n) is 6.81. The molecule has 1 atom stereocenters. The Balaban J connectivity index is 1.82. The van der Waals surface area contributed by atoms with Crippen molar-refractivity contribution >= 4 is 28.3 Å². The van der Waals surface area contributed by atoms with Crippen LogP contribution < -0.4 is 0 Å². The first-order valence-electron chi connectivity index (χ1n) is 9.04. The molecule has 0 bridgehead atoms. The molecule has 134 valence electrons. The standard InChI is InChI=1S/C24H20ClNO/c1-16-24(20-9-5-6-10-22(20)26-16)21(17-11-13-19(25)14-12-17)15-23(27)18-7-3-2-4-8-18/h2-14,21,26H,15H2,1H3. The molecule has 3 heteroatoms. The van der Waals surface area contributed by atoms with Gasteiger partial charge in [0, 0.05) is 39.5 Å². The molecule has 4 rings (SSSR count). The fourth-order valence-electron chi connectivity index (χ4n) is 3.76. The third-order valence-corrected chi connectivity index (χ3v) is 5.30. The van der Waals surface area contributed by atoms with Gasteiger partial charge in [-0.05, 0) is 36.2 Å². The molecule has 0 saturated heterocycles. The van der Waals surface area contributed by atoms with E-state index >= 15 is 0 Å². The van der Waals surface area contributed by atoms with Gasteiger partial charge in [-0.25, -0.2) is 0 Å². The first-order valence-corrected chi connectivity index (χ1v) is 9.42. The number of para-hydroxylation sites is 1. The largest absolute Gasteiger partial charge is 0.358 e. The van der Waals surface area contributed by atoms with Gasteiger partial charge in [-0.1, -0.05) is 72.3 Å². The summed E-state index contributed by atoms with van der Waals surface area (Å²) < 4.78 is 0. The lowest BCUT2D eigenvalue weighted by Gasteiger charge is -2.18. The molecule has 1 heterocycles. The van der Waals surface area contributed by atoms with E-state index in [2.05, 4.69) is 24.0 Å².